The Kier molecular flexibility index (Phi) is 7.57. The predicted molar refractivity (Wildman–Crippen MR) is 185 cm³/mol. The lowest BCUT2D eigenvalue weighted by molar-refractivity contribution is 0.0776. The zero-order valence-corrected chi connectivity index (χ0v) is 28.5. The SMILES string of the molecule is COc1c(F)ccc2c1C(F)CC2Nc1nccc2cc(-c3c4c(nc(CCc5ccc(F)cc5)c3-c3nnc(C)o3)C3CCCN3C4=O)sc12. The van der Waals surface area contributed by atoms with Crippen LogP contribution in [0, 0.1) is 18.6 Å². The minimum atomic E-state index is -1.41. The summed E-state index contributed by atoms with van der Waals surface area (Å²) in [6.07, 6.45) is 3.14. The van der Waals surface area contributed by atoms with E-state index in [1.165, 1.54) is 36.6 Å². The number of rotatable bonds is 8. The number of amides is 1. The van der Waals surface area contributed by atoms with Gasteiger partial charge in [-0.25, -0.2) is 18.2 Å². The summed E-state index contributed by atoms with van der Waals surface area (Å²) in [4.78, 5) is 26.7. The summed E-state index contributed by atoms with van der Waals surface area (Å²) in [6.45, 7) is 2.36. The highest BCUT2D eigenvalue weighted by Crippen LogP contribution is 2.52. The molecule has 2 aromatic carbocycles. The third kappa shape index (κ3) is 5.16. The molecule has 2 aliphatic heterocycles. The van der Waals surface area contributed by atoms with Gasteiger partial charge in [0.2, 0.25) is 11.8 Å². The summed E-state index contributed by atoms with van der Waals surface area (Å²) >= 11 is 1.46. The number of anilines is 1. The van der Waals surface area contributed by atoms with Gasteiger partial charge >= 0.3 is 0 Å². The highest BCUT2D eigenvalue weighted by atomic mass is 32.1. The summed E-state index contributed by atoms with van der Waals surface area (Å²) in [7, 11) is 1.34. The fourth-order valence-corrected chi connectivity index (χ4v) is 9.05. The van der Waals surface area contributed by atoms with Crippen LogP contribution in [0.3, 0.4) is 0 Å². The van der Waals surface area contributed by atoms with Gasteiger partial charge in [0.25, 0.3) is 5.91 Å². The molecule has 3 aliphatic rings. The Balaban J connectivity index is 1.20. The van der Waals surface area contributed by atoms with Gasteiger partial charge in [0.15, 0.2) is 11.6 Å². The lowest BCUT2D eigenvalue weighted by atomic mass is 9.93. The van der Waals surface area contributed by atoms with Crippen molar-refractivity contribution in [3.63, 3.8) is 0 Å². The second-order valence-electron chi connectivity index (χ2n) is 13.2. The number of hydrogen-bond acceptors (Lipinski definition) is 9. The normalized spacial score (nSPS) is 19.1. The molecule has 1 aliphatic carbocycles. The molecule has 1 fully saturated rings. The monoisotopic (exact) mass is 708 g/mol. The standard InChI is InChI=1S/C38H31F3N6O3S/c1-18-45-46-37(50-18)30-25(12-7-19-5-8-21(39)9-6-19)43-33-27-4-3-15-47(27)38(48)32(33)31(30)28-16-20-13-14-42-36(35(20)51-28)44-26-17-24(41)29-22(26)10-11-23(40)34(29)49-2/h5-6,8-11,13-14,16,24,26-27H,3-4,7,12,15,17H2,1-2H3,(H,42,44). The van der Waals surface area contributed by atoms with Gasteiger partial charge < -0.3 is 19.4 Å². The van der Waals surface area contributed by atoms with Crippen molar-refractivity contribution in [2.75, 3.05) is 19.0 Å². The molecule has 4 aromatic heterocycles. The number of aromatic nitrogens is 4. The van der Waals surface area contributed by atoms with Gasteiger partial charge in [0.1, 0.15) is 17.8 Å². The Morgan fingerprint density at radius 1 is 1.06 bits per heavy atom. The number of halogens is 3. The van der Waals surface area contributed by atoms with Crippen LogP contribution >= 0.6 is 11.3 Å². The number of nitrogens with zero attached hydrogens (tertiary/aromatic N) is 5. The average Bonchev–Trinajstić information content (AvgIpc) is 3.96. The summed E-state index contributed by atoms with van der Waals surface area (Å²) in [6, 6.07) is 12.6. The van der Waals surface area contributed by atoms with Crippen LogP contribution in [0.15, 0.2) is 59.1 Å². The Labute approximate surface area is 294 Å². The lowest BCUT2D eigenvalue weighted by Gasteiger charge is -2.16. The largest absolute Gasteiger partial charge is 0.493 e. The van der Waals surface area contributed by atoms with Crippen molar-refractivity contribution in [3.8, 4) is 27.6 Å². The number of benzene rings is 2. The molecule has 1 N–H and O–H groups in total. The van der Waals surface area contributed by atoms with Gasteiger partial charge in [0.05, 0.1) is 46.4 Å². The number of nitrogens with one attached hydrogen (secondary N) is 1. The van der Waals surface area contributed by atoms with E-state index in [1.807, 2.05) is 17.0 Å². The minimum absolute atomic E-state index is 0.0791. The quantitative estimate of drug-likeness (QED) is 0.168. The van der Waals surface area contributed by atoms with E-state index in [2.05, 4.69) is 20.5 Å². The Morgan fingerprint density at radius 2 is 1.90 bits per heavy atom. The van der Waals surface area contributed by atoms with Gasteiger partial charge in [-0.3, -0.25) is 9.78 Å². The van der Waals surface area contributed by atoms with E-state index in [1.54, 1.807) is 31.3 Å². The molecule has 1 saturated heterocycles. The predicted octanol–water partition coefficient (Wildman–Crippen LogP) is 8.65. The molecule has 3 atom stereocenters. The van der Waals surface area contributed by atoms with E-state index in [0.29, 0.717) is 59.0 Å². The molecular weight excluding hydrogens is 678 g/mol. The molecule has 3 unspecified atom stereocenters. The maximum atomic E-state index is 15.3. The first kappa shape index (κ1) is 31.7. The van der Waals surface area contributed by atoms with E-state index in [9.17, 15) is 13.6 Å². The van der Waals surface area contributed by atoms with Crippen LogP contribution in [-0.2, 0) is 12.8 Å². The van der Waals surface area contributed by atoms with E-state index in [4.69, 9.17) is 14.1 Å². The van der Waals surface area contributed by atoms with Crippen molar-refractivity contribution in [1.29, 1.82) is 0 Å². The number of thiophene rings is 1. The number of carbonyl (C=O) groups is 1. The number of fused-ring (bicyclic) bond motifs is 5. The van der Waals surface area contributed by atoms with Crippen molar-refractivity contribution in [1.82, 2.24) is 25.1 Å². The molecule has 51 heavy (non-hydrogen) atoms. The van der Waals surface area contributed by atoms with Crippen molar-refractivity contribution in [3.05, 3.63) is 106 Å². The third-order valence-corrected chi connectivity index (χ3v) is 11.3. The van der Waals surface area contributed by atoms with Crippen molar-refractivity contribution >= 4 is 33.1 Å². The van der Waals surface area contributed by atoms with Crippen LogP contribution in [0.5, 0.6) is 5.75 Å². The molecule has 0 spiro atoms. The van der Waals surface area contributed by atoms with Crippen LogP contribution in [0.25, 0.3) is 32.0 Å². The Morgan fingerprint density at radius 3 is 2.69 bits per heavy atom. The van der Waals surface area contributed by atoms with Crippen LogP contribution < -0.4 is 10.1 Å². The maximum Gasteiger partial charge on any atom is 0.257 e. The summed E-state index contributed by atoms with van der Waals surface area (Å²) in [5, 5.41) is 12.8. The minimum Gasteiger partial charge on any atom is -0.493 e. The van der Waals surface area contributed by atoms with Crippen LogP contribution in [0.2, 0.25) is 0 Å². The maximum absolute atomic E-state index is 15.3. The van der Waals surface area contributed by atoms with Crippen molar-refractivity contribution < 1.29 is 27.1 Å². The summed E-state index contributed by atoms with van der Waals surface area (Å²) < 4.78 is 55.7. The average molecular weight is 709 g/mol. The number of alkyl halides is 1. The molecule has 0 radical (unpaired) electrons. The van der Waals surface area contributed by atoms with E-state index in [0.717, 1.165) is 39.1 Å². The topological polar surface area (TPSA) is 106 Å². The molecule has 6 aromatic rings. The van der Waals surface area contributed by atoms with Crippen molar-refractivity contribution in [2.24, 2.45) is 0 Å². The van der Waals surface area contributed by atoms with Crippen LogP contribution in [-0.4, -0.2) is 44.6 Å². The second kappa shape index (κ2) is 12.2. The molecule has 9 nitrogen and oxygen atoms in total. The molecule has 9 rings (SSSR count). The number of aryl methyl sites for hydroxylation is 3. The molecule has 6 heterocycles. The summed E-state index contributed by atoms with van der Waals surface area (Å²) in [5.41, 5.74) is 5.04. The van der Waals surface area contributed by atoms with Gasteiger partial charge in [-0.2, -0.15) is 0 Å². The van der Waals surface area contributed by atoms with Gasteiger partial charge in [-0.1, -0.05) is 18.2 Å². The fourth-order valence-electron chi connectivity index (χ4n) is 7.89. The van der Waals surface area contributed by atoms with E-state index in [-0.39, 0.29) is 41.4 Å². The molecule has 258 valence electrons. The second-order valence-corrected chi connectivity index (χ2v) is 14.2. The first-order valence-electron chi connectivity index (χ1n) is 16.9. The van der Waals surface area contributed by atoms with Crippen LogP contribution in [0.4, 0.5) is 19.0 Å². The molecule has 13 heteroatoms. The molecule has 0 saturated carbocycles. The first-order chi connectivity index (χ1) is 24.8. The number of hydrogen-bond donors (Lipinski definition) is 1. The molecular formula is C38H31F3N6O3S. The number of ether oxygens (including phenoxy) is 1. The van der Waals surface area contributed by atoms with Gasteiger partial charge in [-0.15, -0.1) is 21.5 Å². The highest BCUT2D eigenvalue weighted by molar-refractivity contribution is 7.23. The van der Waals surface area contributed by atoms with Crippen molar-refractivity contribution in [2.45, 2.75) is 57.3 Å². The van der Waals surface area contributed by atoms with Gasteiger partial charge in [-0.05, 0) is 72.5 Å². The lowest BCUT2D eigenvalue weighted by Crippen LogP contribution is -2.22. The first-order valence-corrected chi connectivity index (χ1v) is 17.7. The van der Waals surface area contributed by atoms with E-state index >= 15 is 4.39 Å². The van der Waals surface area contributed by atoms with E-state index < -0.39 is 18.0 Å². The number of methoxy groups -OCH3 is 1. The smallest absolute Gasteiger partial charge is 0.257 e. The number of carbonyl (C=O) groups excluding carboxylic acids is 1. The third-order valence-electron chi connectivity index (χ3n) is 10.2. The highest BCUT2D eigenvalue weighted by Gasteiger charge is 2.45. The zero-order valence-electron chi connectivity index (χ0n) is 27.7. The fraction of sp³-hybridized carbons (Fsp3) is 0.289. The molecule has 0 bridgehead atoms. The Hall–Kier alpha value is -5.30. The van der Waals surface area contributed by atoms with Gasteiger partial charge in [0, 0.05) is 42.1 Å². The molecule has 1 amide bonds. The summed E-state index contributed by atoms with van der Waals surface area (Å²) in [5.74, 6) is 0.113. The zero-order chi connectivity index (χ0) is 35.0. The van der Waals surface area contributed by atoms with Crippen LogP contribution in [0.1, 0.15) is 81.8 Å². The Bertz CT molecular complexity index is 2360. The number of pyridine rings is 2.